The number of pyridine rings is 1. The Labute approximate surface area is 157 Å². The van der Waals surface area contributed by atoms with Crippen LogP contribution in [0.3, 0.4) is 0 Å². The number of benzene rings is 2. The second-order valence-electron chi connectivity index (χ2n) is 6.98. The molecule has 5 aromatic rings. The molecule has 3 heterocycles. The summed E-state index contributed by atoms with van der Waals surface area (Å²) in [7, 11) is 0. The lowest BCUT2D eigenvalue weighted by atomic mass is 10.1. The molecule has 0 atom stereocenters. The number of fused-ring (bicyclic) bond motifs is 5. The molecule has 138 valence electrons. The van der Waals surface area contributed by atoms with Gasteiger partial charge in [-0.1, -0.05) is 29.8 Å². The first-order valence-electron chi connectivity index (χ1n) is 8.85. The molecule has 0 amide bonds. The second-order valence-corrected chi connectivity index (χ2v) is 6.98. The number of nitrogens with one attached hydrogen (secondary N) is 2. The van der Waals surface area contributed by atoms with Crippen molar-refractivity contribution in [2.45, 2.75) is 13.8 Å². The van der Waals surface area contributed by atoms with Gasteiger partial charge in [-0.3, -0.25) is 14.7 Å². The van der Waals surface area contributed by atoms with Gasteiger partial charge in [-0.05, 0) is 37.4 Å². The quantitative estimate of drug-likeness (QED) is 0.437. The summed E-state index contributed by atoms with van der Waals surface area (Å²) < 4.78 is 1.88. The summed E-state index contributed by atoms with van der Waals surface area (Å²) in [4.78, 5) is 41.8. The molecule has 0 spiro atoms. The normalized spacial score (nSPS) is 11.6. The second kappa shape index (κ2) is 5.56. The summed E-state index contributed by atoms with van der Waals surface area (Å²) in [6, 6.07) is 13.7. The molecule has 0 aliphatic rings. The monoisotopic (exact) mass is 372 g/mol. The first-order chi connectivity index (χ1) is 13.5. The van der Waals surface area contributed by atoms with Crippen LogP contribution in [-0.2, 0) is 0 Å². The molecule has 2 aromatic carbocycles. The van der Waals surface area contributed by atoms with E-state index in [2.05, 4.69) is 10.1 Å². The van der Waals surface area contributed by atoms with E-state index in [-0.39, 0.29) is 0 Å². The van der Waals surface area contributed by atoms with Crippen molar-refractivity contribution in [1.29, 1.82) is 0 Å². The number of carbonyl (C=O) groups excluding carboxylic acids is 1. The maximum absolute atomic E-state index is 13.2. The summed E-state index contributed by atoms with van der Waals surface area (Å²) >= 11 is 0. The summed E-state index contributed by atoms with van der Waals surface area (Å²) in [6.07, 6.45) is 0. The van der Waals surface area contributed by atoms with E-state index in [1.54, 1.807) is 19.1 Å². The van der Waals surface area contributed by atoms with Crippen LogP contribution >= 0.6 is 0 Å². The van der Waals surface area contributed by atoms with E-state index in [0.29, 0.717) is 16.7 Å². The predicted octanol–water partition coefficient (Wildman–Crippen LogP) is 3.26. The molecular formula is C21H16N4O3. The highest BCUT2D eigenvalue weighted by Gasteiger charge is 2.22. The van der Waals surface area contributed by atoms with Gasteiger partial charge < -0.3 is 4.98 Å². The summed E-state index contributed by atoms with van der Waals surface area (Å²) in [5, 5.41) is 5.58. The van der Waals surface area contributed by atoms with Crippen LogP contribution in [0, 0.1) is 13.8 Å². The maximum Gasteiger partial charge on any atom is 0.359 e. The minimum absolute atomic E-state index is 0.369. The lowest BCUT2D eigenvalue weighted by molar-refractivity contribution is 0.240. The molecule has 0 aliphatic heterocycles. The Morgan fingerprint density at radius 3 is 2.39 bits per heavy atom. The number of aromatic amines is 2. The molecule has 0 saturated carbocycles. The van der Waals surface area contributed by atoms with Crippen LogP contribution in [0.2, 0.25) is 0 Å². The number of hydrogen-bond donors (Lipinski definition) is 2. The van der Waals surface area contributed by atoms with Crippen molar-refractivity contribution in [3.8, 4) is 0 Å². The Bertz CT molecular complexity index is 1550. The van der Waals surface area contributed by atoms with Crippen LogP contribution in [0.1, 0.15) is 11.3 Å². The van der Waals surface area contributed by atoms with E-state index < -0.39 is 17.1 Å². The largest absolute Gasteiger partial charge is 0.359 e. The maximum atomic E-state index is 13.2. The molecule has 28 heavy (non-hydrogen) atoms. The van der Waals surface area contributed by atoms with E-state index in [0.717, 1.165) is 36.5 Å². The van der Waals surface area contributed by atoms with Gasteiger partial charge in [-0.25, -0.2) is 9.36 Å². The van der Waals surface area contributed by atoms with E-state index in [4.69, 9.17) is 0 Å². The summed E-state index contributed by atoms with van der Waals surface area (Å²) in [5.74, 6) is 0. The molecule has 0 bridgehead atoms. The van der Waals surface area contributed by atoms with Crippen LogP contribution in [0.5, 0.6) is 0 Å². The zero-order chi connectivity index (χ0) is 19.6. The van der Waals surface area contributed by atoms with Gasteiger partial charge in [0.05, 0.1) is 0 Å². The van der Waals surface area contributed by atoms with Crippen molar-refractivity contribution in [2.24, 2.45) is 0 Å². The number of aromatic nitrogens is 4. The number of carbonyl (C=O) groups is 1. The standard InChI is InChI=1S/C21H16N4O3/c1-11-7-8-16-15(9-11)18-13-5-3-4-6-14(13)20(27)24(19(18)22-16)21(28)25-17(26)10-12(2)23-25/h3-10,22-23H,1-2H3. The van der Waals surface area contributed by atoms with Crippen LogP contribution in [0.15, 0.2) is 58.1 Å². The zero-order valence-corrected chi connectivity index (χ0v) is 15.2. The van der Waals surface area contributed by atoms with Crippen LogP contribution in [0.25, 0.3) is 32.7 Å². The van der Waals surface area contributed by atoms with Crippen molar-refractivity contribution < 1.29 is 4.79 Å². The Hall–Kier alpha value is -3.87. The summed E-state index contributed by atoms with van der Waals surface area (Å²) in [6.45, 7) is 3.67. The molecular weight excluding hydrogens is 356 g/mol. The van der Waals surface area contributed by atoms with E-state index in [9.17, 15) is 14.4 Å². The number of H-pyrrole nitrogens is 2. The molecule has 0 unspecified atom stereocenters. The third-order valence-electron chi connectivity index (χ3n) is 5.02. The molecule has 3 aromatic heterocycles. The van der Waals surface area contributed by atoms with Gasteiger partial charge in [-0.2, -0.15) is 4.68 Å². The number of aryl methyl sites for hydroxylation is 2. The highest BCUT2D eigenvalue weighted by atomic mass is 16.2. The number of nitrogens with zero attached hydrogens (tertiary/aromatic N) is 2. The topological polar surface area (TPSA) is 92.7 Å². The van der Waals surface area contributed by atoms with Crippen molar-refractivity contribution >= 4 is 38.7 Å². The Kier molecular flexibility index (Phi) is 3.24. The molecule has 0 aliphatic carbocycles. The lowest BCUT2D eigenvalue weighted by Gasteiger charge is -2.09. The predicted molar refractivity (Wildman–Crippen MR) is 108 cm³/mol. The highest BCUT2D eigenvalue weighted by Crippen LogP contribution is 2.31. The van der Waals surface area contributed by atoms with E-state index in [1.165, 1.54) is 6.07 Å². The van der Waals surface area contributed by atoms with E-state index >= 15 is 0 Å². The lowest BCUT2D eigenvalue weighted by Crippen LogP contribution is -2.36. The first-order valence-corrected chi connectivity index (χ1v) is 8.85. The van der Waals surface area contributed by atoms with Crippen molar-refractivity contribution in [2.75, 3.05) is 0 Å². The van der Waals surface area contributed by atoms with Crippen LogP contribution in [0.4, 0.5) is 4.79 Å². The zero-order valence-electron chi connectivity index (χ0n) is 15.2. The average molecular weight is 372 g/mol. The molecule has 7 nitrogen and oxygen atoms in total. The van der Waals surface area contributed by atoms with Crippen molar-refractivity contribution in [1.82, 2.24) is 19.3 Å². The SMILES string of the molecule is Cc1ccc2[nH]c3c(c2c1)c1ccccc1c(=O)n3C(=O)n1[nH]c(C)cc1=O. The van der Waals surface area contributed by atoms with Crippen molar-refractivity contribution in [3.63, 3.8) is 0 Å². The Balaban J connectivity index is 2.01. The van der Waals surface area contributed by atoms with Gasteiger partial charge >= 0.3 is 6.03 Å². The van der Waals surface area contributed by atoms with Gasteiger partial charge in [0.1, 0.15) is 5.65 Å². The minimum Gasteiger partial charge on any atom is -0.340 e. The fourth-order valence-corrected chi connectivity index (χ4v) is 3.78. The van der Waals surface area contributed by atoms with Crippen molar-refractivity contribution in [3.05, 3.63) is 80.5 Å². The Morgan fingerprint density at radius 1 is 0.929 bits per heavy atom. The number of hydrogen-bond acceptors (Lipinski definition) is 3. The van der Waals surface area contributed by atoms with Crippen LogP contribution in [-0.4, -0.2) is 25.4 Å². The fourth-order valence-electron chi connectivity index (χ4n) is 3.78. The van der Waals surface area contributed by atoms with Gasteiger partial charge in [0.25, 0.3) is 11.1 Å². The van der Waals surface area contributed by atoms with Gasteiger partial charge in [-0.15, -0.1) is 0 Å². The average Bonchev–Trinajstić information content (AvgIpc) is 3.20. The fraction of sp³-hybridized carbons (Fsp3) is 0.0952. The smallest absolute Gasteiger partial charge is 0.340 e. The van der Waals surface area contributed by atoms with Gasteiger partial charge in [0.15, 0.2) is 0 Å². The molecule has 7 heteroatoms. The molecule has 2 N–H and O–H groups in total. The summed E-state index contributed by atoms with van der Waals surface area (Å²) in [5.41, 5.74) is 1.80. The highest BCUT2D eigenvalue weighted by molar-refractivity contribution is 6.20. The minimum atomic E-state index is -0.748. The molecule has 5 rings (SSSR count). The molecule has 0 saturated heterocycles. The van der Waals surface area contributed by atoms with E-state index in [1.807, 2.05) is 37.3 Å². The Morgan fingerprint density at radius 2 is 1.68 bits per heavy atom. The van der Waals surface area contributed by atoms with Gasteiger partial charge in [0, 0.05) is 33.4 Å². The van der Waals surface area contributed by atoms with Crippen LogP contribution < -0.4 is 11.1 Å². The third kappa shape index (κ3) is 2.13. The first kappa shape index (κ1) is 16.3. The number of rotatable bonds is 0. The van der Waals surface area contributed by atoms with Gasteiger partial charge in [0.2, 0.25) is 0 Å². The molecule has 0 radical (unpaired) electrons. The third-order valence-corrected chi connectivity index (χ3v) is 5.02. The molecule has 0 fully saturated rings.